The molecule has 3 aromatic rings. The van der Waals surface area contributed by atoms with Gasteiger partial charge in [-0.15, -0.1) is 0 Å². The number of nitrogens with zero attached hydrogens (tertiary/aromatic N) is 3. The average molecular weight is 413 g/mol. The van der Waals surface area contributed by atoms with Crippen LogP contribution in [0, 0.1) is 6.92 Å². The largest absolute Gasteiger partial charge is 0.324 e. The van der Waals surface area contributed by atoms with Gasteiger partial charge in [0.1, 0.15) is 5.65 Å². The number of aryl methyl sites for hydroxylation is 1. The highest BCUT2D eigenvalue weighted by molar-refractivity contribution is 7.91. The van der Waals surface area contributed by atoms with Crippen LogP contribution in [-0.4, -0.2) is 28.7 Å². The summed E-state index contributed by atoms with van der Waals surface area (Å²) < 4.78 is 26.0. The van der Waals surface area contributed by atoms with Gasteiger partial charge in [0.15, 0.2) is 9.84 Å². The molecule has 0 atom stereocenters. The van der Waals surface area contributed by atoms with Gasteiger partial charge in [0.2, 0.25) is 5.95 Å². The van der Waals surface area contributed by atoms with E-state index in [2.05, 4.69) is 15.3 Å². The maximum atomic E-state index is 12.5. The van der Waals surface area contributed by atoms with Gasteiger partial charge in [-0.2, -0.15) is 4.98 Å². The van der Waals surface area contributed by atoms with Crippen molar-refractivity contribution in [3.05, 3.63) is 52.4 Å². The minimum atomic E-state index is -3.26. The summed E-state index contributed by atoms with van der Waals surface area (Å²) in [5.41, 5.74) is 2.10. The third-order valence-corrected chi connectivity index (χ3v) is 7.27. The predicted molar refractivity (Wildman–Crippen MR) is 113 cm³/mol. The van der Waals surface area contributed by atoms with Crippen molar-refractivity contribution in [2.75, 3.05) is 11.1 Å². The summed E-state index contributed by atoms with van der Waals surface area (Å²) in [5.74, 6) is 0.440. The van der Waals surface area contributed by atoms with Crippen molar-refractivity contribution >= 4 is 32.5 Å². The lowest BCUT2D eigenvalue weighted by atomic mass is 10.2. The van der Waals surface area contributed by atoms with E-state index in [-0.39, 0.29) is 17.4 Å². The highest BCUT2D eigenvalue weighted by Gasteiger charge is 2.21. The van der Waals surface area contributed by atoms with Gasteiger partial charge in [0.05, 0.1) is 10.6 Å². The standard InChI is InChI=1S/C21H24N4O3S/c1-3-29(27,28)17-9-10-18(14(2)12-17)23-21-22-13-15-8-11-19(26)25(20(15)24-21)16-6-4-5-7-16/h8-13,16H,3-7H2,1-2H3,(H,22,23,24). The van der Waals surface area contributed by atoms with Crippen molar-refractivity contribution < 1.29 is 8.42 Å². The van der Waals surface area contributed by atoms with Crippen LogP contribution < -0.4 is 10.9 Å². The quantitative estimate of drug-likeness (QED) is 0.686. The molecule has 7 nitrogen and oxygen atoms in total. The summed E-state index contributed by atoms with van der Waals surface area (Å²) in [6.07, 6.45) is 5.92. The molecule has 0 saturated heterocycles. The number of nitrogens with one attached hydrogen (secondary N) is 1. The normalized spacial score (nSPS) is 15.1. The molecule has 1 aliphatic carbocycles. The monoisotopic (exact) mass is 412 g/mol. The lowest BCUT2D eigenvalue weighted by Crippen LogP contribution is -2.23. The molecule has 0 bridgehead atoms. The topological polar surface area (TPSA) is 94.0 Å². The Morgan fingerprint density at radius 2 is 1.93 bits per heavy atom. The molecule has 0 radical (unpaired) electrons. The molecule has 1 saturated carbocycles. The Kier molecular flexibility index (Phi) is 5.12. The van der Waals surface area contributed by atoms with Crippen molar-refractivity contribution in [3.8, 4) is 0 Å². The van der Waals surface area contributed by atoms with Gasteiger partial charge in [-0.3, -0.25) is 9.36 Å². The van der Waals surface area contributed by atoms with E-state index >= 15 is 0 Å². The van der Waals surface area contributed by atoms with Crippen LogP contribution >= 0.6 is 0 Å². The molecule has 8 heteroatoms. The molecule has 1 aliphatic rings. The van der Waals surface area contributed by atoms with Gasteiger partial charge in [0.25, 0.3) is 5.56 Å². The number of benzene rings is 1. The molecule has 0 spiro atoms. The minimum absolute atomic E-state index is 0.0423. The summed E-state index contributed by atoms with van der Waals surface area (Å²) in [6.45, 7) is 3.47. The number of hydrogen-bond donors (Lipinski definition) is 1. The second kappa shape index (κ2) is 7.59. The zero-order valence-corrected chi connectivity index (χ0v) is 17.4. The van der Waals surface area contributed by atoms with E-state index in [0.717, 1.165) is 42.3 Å². The van der Waals surface area contributed by atoms with E-state index in [0.29, 0.717) is 16.5 Å². The predicted octanol–water partition coefficient (Wildman–Crippen LogP) is 3.75. The van der Waals surface area contributed by atoms with Crippen molar-refractivity contribution in [1.82, 2.24) is 14.5 Å². The molecule has 1 aromatic carbocycles. The Bertz CT molecular complexity index is 1230. The lowest BCUT2D eigenvalue weighted by molar-refractivity contribution is 0.516. The van der Waals surface area contributed by atoms with Crippen LogP contribution in [0.15, 0.2) is 46.2 Å². The van der Waals surface area contributed by atoms with Gasteiger partial charge >= 0.3 is 0 Å². The van der Waals surface area contributed by atoms with Crippen LogP contribution in [0.5, 0.6) is 0 Å². The fraction of sp³-hybridized carbons (Fsp3) is 0.381. The van der Waals surface area contributed by atoms with Crippen LogP contribution in [-0.2, 0) is 9.84 Å². The summed E-state index contributed by atoms with van der Waals surface area (Å²) >= 11 is 0. The van der Waals surface area contributed by atoms with Gasteiger partial charge in [-0.25, -0.2) is 13.4 Å². The highest BCUT2D eigenvalue weighted by Crippen LogP contribution is 2.30. The SMILES string of the molecule is CCS(=O)(=O)c1ccc(Nc2ncc3ccc(=O)n(C4CCCC4)c3n2)c(C)c1. The van der Waals surface area contributed by atoms with E-state index in [1.165, 1.54) is 0 Å². The zero-order chi connectivity index (χ0) is 20.6. The number of sulfone groups is 1. The third kappa shape index (κ3) is 3.76. The van der Waals surface area contributed by atoms with Crippen LogP contribution in [0.4, 0.5) is 11.6 Å². The molecule has 152 valence electrons. The van der Waals surface area contributed by atoms with Crippen molar-refractivity contribution in [2.45, 2.75) is 50.5 Å². The first-order chi connectivity index (χ1) is 13.9. The summed E-state index contributed by atoms with van der Waals surface area (Å²) in [5, 5.41) is 3.99. The van der Waals surface area contributed by atoms with Crippen LogP contribution in [0.25, 0.3) is 11.0 Å². The second-order valence-corrected chi connectivity index (χ2v) is 9.74. The fourth-order valence-electron chi connectivity index (χ4n) is 3.87. The van der Waals surface area contributed by atoms with Crippen molar-refractivity contribution in [1.29, 1.82) is 0 Å². The molecule has 0 aliphatic heterocycles. The summed E-state index contributed by atoms with van der Waals surface area (Å²) in [6, 6.07) is 8.46. The van der Waals surface area contributed by atoms with E-state index in [1.807, 2.05) is 6.92 Å². The molecule has 4 rings (SSSR count). The maximum Gasteiger partial charge on any atom is 0.252 e. The summed E-state index contributed by atoms with van der Waals surface area (Å²) in [7, 11) is -3.26. The molecule has 1 fully saturated rings. The number of rotatable bonds is 5. The fourth-order valence-corrected chi connectivity index (χ4v) is 4.84. The van der Waals surface area contributed by atoms with Gasteiger partial charge in [0, 0.05) is 29.4 Å². The van der Waals surface area contributed by atoms with E-state index < -0.39 is 9.84 Å². The van der Waals surface area contributed by atoms with Crippen LogP contribution in [0.3, 0.4) is 0 Å². The molecule has 0 unspecified atom stereocenters. The Labute approximate surface area is 169 Å². The third-order valence-electron chi connectivity index (χ3n) is 5.54. The zero-order valence-electron chi connectivity index (χ0n) is 16.6. The molecule has 2 aromatic heterocycles. The lowest BCUT2D eigenvalue weighted by Gasteiger charge is -2.16. The molecule has 0 amide bonds. The number of anilines is 2. The second-order valence-electron chi connectivity index (χ2n) is 7.46. The van der Waals surface area contributed by atoms with Crippen molar-refractivity contribution in [3.63, 3.8) is 0 Å². The average Bonchev–Trinajstić information content (AvgIpc) is 3.23. The molecular weight excluding hydrogens is 388 g/mol. The number of pyridine rings is 1. The highest BCUT2D eigenvalue weighted by atomic mass is 32.2. The Morgan fingerprint density at radius 1 is 1.17 bits per heavy atom. The van der Waals surface area contributed by atoms with Gasteiger partial charge < -0.3 is 5.32 Å². The van der Waals surface area contributed by atoms with Gasteiger partial charge in [-0.05, 0) is 49.6 Å². The Morgan fingerprint density at radius 3 is 2.62 bits per heavy atom. The number of fused-ring (bicyclic) bond motifs is 1. The molecule has 2 heterocycles. The van der Waals surface area contributed by atoms with Gasteiger partial charge in [-0.1, -0.05) is 19.8 Å². The van der Waals surface area contributed by atoms with E-state index in [9.17, 15) is 13.2 Å². The Hall–Kier alpha value is -2.74. The van der Waals surface area contributed by atoms with E-state index in [1.54, 1.807) is 48.0 Å². The van der Waals surface area contributed by atoms with Crippen LogP contribution in [0.1, 0.15) is 44.2 Å². The molecular formula is C21H24N4O3S. The number of aromatic nitrogens is 3. The molecule has 29 heavy (non-hydrogen) atoms. The van der Waals surface area contributed by atoms with Crippen LogP contribution in [0.2, 0.25) is 0 Å². The minimum Gasteiger partial charge on any atom is -0.324 e. The Balaban J connectivity index is 1.72. The first-order valence-electron chi connectivity index (χ1n) is 9.88. The summed E-state index contributed by atoms with van der Waals surface area (Å²) in [4.78, 5) is 21.8. The first kappa shape index (κ1) is 19.6. The number of hydrogen-bond acceptors (Lipinski definition) is 6. The molecule has 1 N–H and O–H groups in total. The van der Waals surface area contributed by atoms with Crippen molar-refractivity contribution in [2.24, 2.45) is 0 Å². The first-order valence-corrected chi connectivity index (χ1v) is 11.5. The maximum absolute atomic E-state index is 12.5. The smallest absolute Gasteiger partial charge is 0.252 e. The van der Waals surface area contributed by atoms with E-state index in [4.69, 9.17) is 0 Å².